The van der Waals surface area contributed by atoms with E-state index < -0.39 is 5.91 Å². The Labute approximate surface area is 90.8 Å². The molecule has 2 aromatic rings. The highest BCUT2D eigenvalue weighted by atomic mass is 16.7. The first kappa shape index (κ1) is 8.96. The largest absolute Gasteiger partial charge is 0.456 e. The summed E-state index contributed by atoms with van der Waals surface area (Å²) in [6.45, 7) is 0.0548. The summed E-state index contributed by atoms with van der Waals surface area (Å²) < 4.78 is 10.5. The SMILES string of the molecule is NC(=O)c1c2nc3ccccc3c1OCO2. The molecule has 1 aromatic carbocycles. The molecule has 5 heteroatoms. The molecule has 0 spiro atoms. The predicted molar refractivity (Wildman–Crippen MR) is 56.4 cm³/mol. The van der Waals surface area contributed by atoms with Gasteiger partial charge >= 0.3 is 0 Å². The van der Waals surface area contributed by atoms with Crippen LogP contribution in [0.15, 0.2) is 24.3 Å². The van der Waals surface area contributed by atoms with Gasteiger partial charge in [-0.05, 0) is 12.1 Å². The van der Waals surface area contributed by atoms with Crippen LogP contribution in [-0.2, 0) is 0 Å². The molecule has 0 saturated carbocycles. The Kier molecular flexibility index (Phi) is 1.73. The quantitative estimate of drug-likeness (QED) is 0.773. The van der Waals surface area contributed by atoms with Crippen molar-refractivity contribution in [2.75, 3.05) is 6.79 Å². The van der Waals surface area contributed by atoms with Gasteiger partial charge in [-0.15, -0.1) is 0 Å². The summed E-state index contributed by atoms with van der Waals surface area (Å²) in [5.41, 5.74) is 6.21. The predicted octanol–water partition coefficient (Wildman–Crippen LogP) is 1.06. The normalized spacial score (nSPS) is 13.0. The lowest BCUT2D eigenvalue weighted by Crippen LogP contribution is -2.22. The number of ether oxygens (including phenoxy) is 2. The zero-order valence-corrected chi connectivity index (χ0v) is 8.27. The van der Waals surface area contributed by atoms with Gasteiger partial charge in [0.2, 0.25) is 12.7 Å². The van der Waals surface area contributed by atoms with Crippen LogP contribution in [0, 0.1) is 0 Å². The van der Waals surface area contributed by atoms with Crippen LogP contribution < -0.4 is 15.2 Å². The van der Waals surface area contributed by atoms with Crippen molar-refractivity contribution in [3.63, 3.8) is 0 Å². The Hall–Kier alpha value is -2.30. The van der Waals surface area contributed by atoms with Crippen LogP contribution in [0.2, 0.25) is 0 Å². The third kappa shape index (κ3) is 1.11. The van der Waals surface area contributed by atoms with E-state index >= 15 is 0 Å². The number of carbonyl (C=O) groups excluding carboxylic acids is 1. The van der Waals surface area contributed by atoms with Gasteiger partial charge in [0.05, 0.1) is 5.52 Å². The number of hydrogen-bond donors (Lipinski definition) is 1. The maximum absolute atomic E-state index is 11.3. The van der Waals surface area contributed by atoms with E-state index in [1.165, 1.54) is 0 Å². The summed E-state index contributed by atoms with van der Waals surface area (Å²) >= 11 is 0. The summed E-state index contributed by atoms with van der Waals surface area (Å²) in [5.74, 6) is 0.106. The van der Waals surface area contributed by atoms with Crippen molar-refractivity contribution in [2.45, 2.75) is 0 Å². The highest BCUT2D eigenvalue weighted by Crippen LogP contribution is 2.36. The van der Waals surface area contributed by atoms with Crippen LogP contribution in [0.3, 0.4) is 0 Å². The van der Waals surface area contributed by atoms with Crippen LogP contribution in [0.5, 0.6) is 11.6 Å². The maximum Gasteiger partial charge on any atom is 0.258 e. The molecule has 2 heterocycles. The van der Waals surface area contributed by atoms with E-state index in [0.29, 0.717) is 5.75 Å². The minimum atomic E-state index is -0.594. The van der Waals surface area contributed by atoms with Gasteiger partial charge in [0, 0.05) is 5.39 Å². The lowest BCUT2D eigenvalue weighted by molar-refractivity contribution is 0.0862. The average molecular weight is 216 g/mol. The van der Waals surface area contributed by atoms with E-state index in [0.717, 1.165) is 10.9 Å². The number of primary amides is 1. The van der Waals surface area contributed by atoms with Gasteiger partial charge < -0.3 is 15.2 Å². The van der Waals surface area contributed by atoms with Gasteiger partial charge in [-0.3, -0.25) is 4.79 Å². The third-order valence-electron chi connectivity index (χ3n) is 2.46. The first-order valence-corrected chi connectivity index (χ1v) is 4.75. The van der Waals surface area contributed by atoms with E-state index in [4.69, 9.17) is 15.2 Å². The molecule has 0 fully saturated rings. The summed E-state index contributed by atoms with van der Waals surface area (Å²) in [4.78, 5) is 15.5. The van der Waals surface area contributed by atoms with E-state index in [1.807, 2.05) is 24.3 Å². The average Bonchev–Trinajstić information content (AvgIpc) is 2.28. The number of rotatable bonds is 1. The lowest BCUT2D eigenvalue weighted by Gasteiger charge is -2.20. The summed E-state index contributed by atoms with van der Waals surface area (Å²) in [5, 5.41) is 0.767. The molecular formula is C11H8N2O3. The molecule has 2 bridgehead atoms. The van der Waals surface area contributed by atoms with Crippen molar-refractivity contribution >= 4 is 16.8 Å². The van der Waals surface area contributed by atoms with Crippen LogP contribution >= 0.6 is 0 Å². The van der Waals surface area contributed by atoms with Crippen molar-refractivity contribution in [3.05, 3.63) is 29.8 Å². The van der Waals surface area contributed by atoms with Gasteiger partial charge in [0.25, 0.3) is 5.91 Å². The van der Waals surface area contributed by atoms with Gasteiger partial charge in [-0.25, -0.2) is 4.98 Å². The van der Waals surface area contributed by atoms with Gasteiger partial charge in [0.1, 0.15) is 5.56 Å². The number of nitrogens with two attached hydrogens (primary N) is 1. The standard InChI is InChI=1S/C11H8N2O3/c12-10(14)8-9-6-3-1-2-4-7(6)13-11(8)16-5-15-9/h1-4H,5H2,(H2,12,14). The van der Waals surface area contributed by atoms with Gasteiger partial charge in [-0.1, -0.05) is 12.1 Å². The molecule has 1 aliphatic heterocycles. The number of amides is 1. The highest BCUT2D eigenvalue weighted by molar-refractivity contribution is 6.04. The number of nitrogens with zero attached hydrogens (tertiary/aromatic N) is 1. The number of fused-ring (bicyclic) bond motifs is 4. The van der Waals surface area contributed by atoms with Crippen LogP contribution in [0.4, 0.5) is 0 Å². The number of carbonyl (C=O) groups is 1. The number of para-hydroxylation sites is 1. The second-order valence-electron chi connectivity index (χ2n) is 3.41. The molecule has 2 N–H and O–H groups in total. The monoisotopic (exact) mass is 216 g/mol. The molecule has 0 saturated heterocycles. The van der Waals surface area contributed by atoms with E-state index in [9.17, 15) is 4.79 Å². The van der Waals surface area contributed by atoms with Crippen LogP contribution in [0.1, 0.15) is 10.4 Å². The van der Waals surface area contributed by atoms with Gasteiger partial charge in [-0.2, -0.15) is 0 Å². The number of hydrogen-bond acceptors (Lipinski definition) is 4. The van der Waals surface area contributed by atoms with Crippen molar-refractivity contribution < 1.29 is 14.3 Å². The summed E-state index contributed by atoms with van der Waals surface area (Å²) in [6.07, 6.45) is 0. The molecule has 0 atom stereocenters. The summed E-state index contributed by atoms with van der Waals surface area (Å²) in [6, 6.07) is 7.36. The number of pyridine rings is 1. The first-order valence-electron chi connectivity index (χ1n) is 4.75. The van der Waals surface area contributed by atoms with Crippen molar-refractivity contribution in [1.82, 2.24) is 4.98 Å². The Balaban J connectivity index is 2.45. The smallest absolute Gasteiger partial charge is 0.258 e. The molecule has 1 amide bonds. The molecule has 3 rings (SSSR count). The fraction of sp³-hybridized carbons (Fsp3) is 0.0909. The van der Waals surface area contributed by atoms with E-state index in [2.05, 4.69) is 4.98 Å². The molecular weight excluding hydrogens is 208 g/mol. The zero-order chi connectivity index (χ0) is 11.1. The molecule has 0 aliphatic carbocycles. The maximum atomic E-state index is 11.3. The minimum Gasteiger partial charge on any atom is -0.456 e. The molecule has 1 aromatic heterocycles. The third-order valence-corrected chi connectivity index (χ3v) is 2.46. The van der Waals surface area contributed by atoms with Crippen molar-refractivity contribution in [3.8, 4) is 11.6 Å². The topological polar surface area (TPSA) is 74.4 Å². The Bertz CT molecular complexity index is 595. The molecule has 0 unspecified atom stereocenters. The number of aromatic nitrogens is 1. The Morgan fingerprint density at radius 2 is 2.12 bits per heavy atom. The first-order chi connectivity index (χ1) is 7.77. The van der Waals surface area contributed by atoms with Crippen molar-refractivity contribution in [1.29, 1.82) is 0 Å². The van der Waals surface area contributed by atoms with E-state index in [-0.39, 0.29) is 18.2 Å². The molecule has 1 aliphatic rings. The van der Waals surface area contributed by atoms with Crippen LogP contribution in [-0.4, -0.2) is 17.7 Å². The summed E-state index contributed by atoms with van der Waals surface area (Å²) in [7, 11) is 0. The van der Waals surface area contributed by atoms with Gasteiger partial charge in [0.15, 0.2) is 5.75 Å². The second-order valence-corrected chi connectivity index (χ2v) is 3.41. The second kappa shape index (κ2) is 3.10. The fourth-order valence-electron chi connectivity index (χ4n) is 1.78. The van der Waals surface area contributed by atoms with Crippen LogP contribution in [0.25, 0.3) is 10.9 Å². The lowest BCUT2D eigenvalue weighted by atomic mass is 10.1. The minimum absolute atomic E-state index is 0.0548. The van der Waals surface area contributed by atoms with Crippen molar-refractivity contribution in [2.24, 2.45) is 5.73 Å². The molecule has 16 heavy (non-hydrogen) atoms. The fourth-order valence-corrected chi connectivity index (χ4v) is 1.78. The zero-order valence-electron chi connectivity index (χ0n) is 8.27. The Morgan fingerprint density at radius 3 is 2.94 bits per heavy atom. The molecule has 5 nitrogen and oxygen atoms in total. The number of benzene rings is 1. The highest BCUT2D eigenvalue weighted by Gasteiger charge is 2.25. The van der Waals surface area contributed by atoms with E-state index in [1.54, 1.807) is 0 Å². The Morgan fingerprint density at radius 1 is 1.31 bits per heavy atom. The molecule has 80 valence electrons. The molecule has 0 radical (unpaired) electrons.